The van der Waals surface area contributed by atoms with Gasteiger partial charge in [0, 0.05) is 7.11 Å². The highest BCUT2D eigenvalue weighted by atomic mass is 16.6. The summed E-state index contributed by atoms with van der Waals surface area (Å²) < 4.78 is 10.2. The van der Waals surface area contributed by atoms with Gasteiger partial charge < -0.3 is 14.8 Å². The molecule has 1 fully saturated rings. The Bertz CT molecular complexity index is 468. The molecule has 0 amide bonds. The van der Waals surface area contributed by atoms with Gasteiger partial charge in [0.1, 0.15) is 6.33 Å². The summed E-state index contributed by atoms with van der Waals surface area (Å²) >= 11 is 0. The van der Waals surface area contributed by atoms with Crippen LogP contribution in [0.25, 0.3) is 0 Å². The van der Waals surface area contributed by atoms with Crippen LogP contribution in [0.4, 0.5) is 11.5 Å². The number of aromatic nitrogens is 2. The molecule has 1 aliphatic carbocycles. The van der Waals surface area contributed by atoms with E-state index in [4.69, 9.17) is 9.47 Å². The molecule has 19 heavy (non-hydrogen) atoms. The van der Waals surface area contributed by atoms with Crippen LogP contribution < -0.4 is 10.1 Å². The Kier molecular flexibility index (Phi) is 4.10. The third-order valence-electron chi connectivity index (χ3n) is 3.24. The number of hydrogen-bond acceptors (Lipinski definition) is 7. The summed E-state index contributed by atoms with van der Waals surface area (Å²) in [6.07, 6.45) is 4.13. The minimum atomic E-state index is -0.544. The van der Waals surface area contributed by atoms with E-state index in [2.05, 4.69) is 15.3 Å². The van der Waals surface area contributed by atoms with Gasteiger partial charge >= 0.3 is 5.69 Å². The summed E-state index contributed by atoms with van der Waals surface area (Å²) in [4.78, 5) is 18.2. The molecule has 0 aliphatic heterocycles. The van der Waals surface area contributed by atoms with Crippen LogP contribution >= 0.6 is 0 Å². The molecule has 1 heterocycles. The summed E-state index contributed by atoms with van der Waals surface area (Å²) in [5.41, 5.74) is -0.244. The Morgan fingerprint density at radius 2 is 2.21 bits per heavy atom. The maximum Gasteiger partial charge on any atom is 0.372 e. The van der Waals surface area contributed by atoms with Crippen LogP contribution in [0.3, 0.4) is 0 Å². The Morgan fingerprint density at radius 1 is 1.42 bits per heavy atom. The second-order valence-electron chi connectivity index (χ2n) is 4.29. The van der Waals surface area contributed by atoms with E-state index in [9.17, 15) is 10.1 Å². The number of nitro groups is 1. The molecule has 1 aromatic rings. The molecule has 2 atom stereocenters. The summed E-state index contributed by atoms with van der Waals surface area (Å²) in [5, 5.41) is 14.2. The van der Waals surface area contributed by atoms with Crippen LogP contribution in [-0.4, -0.2) is 41.3 Å². The number of methoxy groups -OCH3 is 2. The minimum absolute atomic E-state index is 0.0170. The van der Waals surface area contributed by atoms with Crippen molar-refractivity contribution in [1.29, 1.82) is 0 Å². The van der Waals surface area contributed by atoms with Gasteiger partial charge in [0.15, 0.2) is 0 Å². The molecule has 104 valence electrons. The first-order valence-corrected chi connectivity index (χ1v) is 6.00. The summed E-state index contributed by atoms with van der Waals surface area (Å²) in [5.74, 6) is 0.125. The van der Waals surface area contributed by atoms with E-state index in [-0.39, 0.29) is 29.5 Å². The van der Waals surface area contributed by atoms with Crippen molar-refractivity contribution in [1.82, 2.24) is 9.97 Å². The zero-order valence-electron chi connectivity index (χ0n) is 10.8. The Labute approximate surface area is 110 Å². The van der Waals surface area contributed by atoms with Gasteiger partial charge in [-0.05, 0) is 19.3 Å². The van der Waals surface area contributed by atoms with E-state index < -0.39 is 4.92 Å². The molecular weight excluding hydrogens is 252 g/mol. The fraction of sp³-hybridized carbons (Fsp3) is 0.636. The smallest absolute Gasteiger partial charge is 0.372 e. The van der Waals surface area contributed by atoms with E-state index in [0.717, 1.165) is 19.3 Å². The van der Waals surface area contributed by atoms with Crippen molar-refractivity contribution in [3.63, 3.8) is 0 Å². The molecule has 0 aromatic carbocycles. The van der Waals surface area contributed by atoms with Crippen molar-refractivity contribution in [2.24, 2.45) is 0 Å². The fourth-order valence-corrected chi connectivity index (χ4v) is 2.33. The van der Waals surface area contributed by atoms with Crippen molar-refractivity contribution in [2.75, 3.05) is 19.5 Å². The Balaban J connectivity index is 2.27. The number of anilines is 1. The molecular formula is C11H16N4O4. The van der Waals surface area contributed by atoms with Crippen molar-refractivity contribution in [3.8, 4) is 5.88 Å². The van der Waals surface area contributed by atoms with Gasteiger partial charge in [-0.1, -0.05) is 0 Å². The minimum Gasteiger partial charge on any atom is -0.476 e. The van der Waals surface area contributed by atoms with Crippen LogP contribution in [0.1, 0.15) is 19.3 Å². The van der Waals surface area contributed by atoms with Gasteiger partial charge in [-0.3, -0.25) is 10.1 Å². The lowest BCUT2D eigenvalue weighted by atomic mass is 10.2. The van der Waals surface area contributed by atoms with E-state index in [1.54, 1.807) is 7.11 Å². The van der Waals surface area contributed by atoms with Gasteiger partial charge in [0.2, 0.25) is 5.82 Å². The molecule has 8 nitrogen and oxygen atoms in total. The lowest BCUT2D eigenvalue weighted by Gasteiger charge is -2.20. The SMILES string of the molecule is COc1ncnc(NC2CCCC2OC)c1[N+](=O)[O-]. The molecule has 1 aromatic heterocycles. The second-order valence-corrected chi connectivity index (χ2v) is 4.29. The molecule has 0 saturated heterocycles. The van der Waals surface area contributed by atoms with Crippen molar-refractivity contribution in [3.05, 3.63) is 16.4 Å². The molecule has 1 N–H and O–H groups in total. The molecule has 0 bridgehead atoms. The van der Waals surface area contributed by atoms with Crippen molar-refractivity contribution >= 4 is 11.5 Å². The highest BCUT2D eigenvalue weighted by molar-refractivity contribution is 5.61. The van der Waals surface area contributed by atoms with Gasteiger partial charge in [0.25, 0.3) is 5.88 Å². The van der Waals surface area contributed by atoms with Crippen LogP contribution in [0.15, 0.2) is 6.33 Å². The zero-order chi connectivity index (χ0) is 13.8. The highest BCUT2D eigenvalue weighted by Gasteiger charge is 2.31. The Hall–Kier alpha value is -1.96. The number of nitrogens with zero attached hydrogens (tertiary/aromatic N) is 3. The molecule has 2 unspecified atom stereocenters. The van der Waals surface area contributed by atoms with Crippen molar-refractivity contribution < 1.29 is 14.4 Å². The van der Waals surface area contributed by atoms with Crippen LogP contribution in [0.5, 0.6) is 5.88 Å². The average Bonchev–Trinajstić information content (AvgIpc) is 2.85. The summed E-state index contributed by atoms with van der Waals surface area (Å²) in [6.45, 7) is 0. The zero-order valence-corrected chi connectivity index (χ0v) is 10.8. The van der Waals surface area contributed by atoms with Gasteiger partial charge in [0.05, 0.1) is 24.2 Å². The lowest BCUT2D eigenvalue weighted by molar-refractivity contribution is -0.385. The topological polar surface area (TPSA) is 99.4 Å². The lowest BCUT2D eigenvalue weighted by Crippen LogP contribution is -2.30. The number of rotatable bonds is 5. The molecule has 0 radical (unpaired) electrons. The third-order valence-corrected chi connectivity index (χ3v) is 3.24. The number of hydrogen-bond donors (Lipinski definition) is 1. The summed E-state index contributed by atoms with van der Waals surface area (Å²) in [7, 11) is 2.98. The van der Waals surface area contributed by atoms with E-state index in [1.807, 2.05) is 0 Å². The van der Waals surface area contributed by atoms with Crippen LogP contribution in [0, 0.1) is 10.1 Å². The second kappa shape index (κ2) is 5.79. The fourth-order valence-electron chi connectivity index (χ4n) is 2.33. The van der Waals surface area contributed by atoms with Crippen LogP contribution in [-0.2, 0) is 4.74 Å². The van der Waals surface area contributed by atoms with E-state index in [0.29, 0.717) is 0 Å². The van der Waals surface area contributed by atoms with Gasteiger partial charge in [-0.25, -0.2) is 4.98 Å². The molecule has 1 saturated carbocycles. The average molecular weight is 268 g/mol. The maximum absolute atomic E-state index is 11.1. The largest absolute Gasteiger partial charge is 0.476 e. The normalized spacial score (nSPS) is 22.2. The molecule has 8 heteroatoms. The molecule has 2 rings (SSSR count). The first-order valence-electron chi connectivity index (χ1n) is 6.00. The predicted octanol–water partition coefficient (Wildman–Crippen LogP) is 1.37. The number of nitrogens with one attached hydrogen (secondary N) is 1. The van der Waals surface area contributed by atoms with Crippen molar-refractivity contribution in [2.45, 2.75) is 31.4 Å². The predicted molar refractivity (Wildman–Crippen MR) is 67.3 cm³/mol. The van der Waals surface area contributed by atoms with E-state index in [1.165, 1.54) is 13.4 Å². The summed E-state index contributed by atoms with van der Waals surface area (Å²) in [6, 6.07) is 0.0170. The third kappa shape index (κ3) is 2.73. The first-order chi connectivity index (χ1) is 9.17. The standard InChI is InChI=1S/C11H16N4O4/c1-18-8-5-3-4-7(8)14-10-9(15(16)17)11(19-2)13-6-12-10/h6-8H,3-5H2,1-2H3,(H,12,13,14). The number of ether oxygens (including phenoxy) is 2. The quantitative estimate of drug-likeness (QED) is 0.636. The molecule has 1 aliphatic rings. The van der Waals surface area contributed by atoms with E-state index >= 15 is 0 Å². The van der Waals surface area contributed by atoms with Gasteiger partial charge in [-0.2, -0.15) is 4.98 Å². The first kappa shape index (κ1) is 13.5. The van der Waals surface area contributed by atoms with Gasteiger partial charge in [-0.15, -0.1) is 0 Å². The molecule has 0 spiro atoms. The Morgan fingerprint density at radius 3 is 2.84 bits per heavy atom. The van der Waals surface area contributed by atoms with Crippen LogP contribution in [0.2, 0.25) is 0 Å². The highest BCUT2D eigenvalue weighted by Crippen LogP contribution is 2.33. The monoisotopic (exact) mass is 268 g/mol. The maximum atomic E-state index is 11.1.